The minimum atomic E-state index is -0.0801. The fourth-order valence-corrected chi connectivity index (χ4v) is 3.68. The van der Waals surface area contributed by atoms with Crippen molar-refractivity contribution in [1.29, 1.82) is 0 Å². The Bertz CT molecular complexity index is 531. The highest BCUT2D eigenvalue weighted by molar-refractivity contribution is 8.00. The predicted octanol–water partition coefficient (Wildman–Crippen LogP) is 2.17. The molecule has 0 aliphatic carbocycles. The van der Waals surface area contributed by atoms with E-state index in [9.17, 15) is 9.59 Å². The van der Waals surface area contributed by atoms with Crippen molar-refractivity contribution in [1.82, 2.24) is 9.80 Å². The van der Waals surface area contributed by atoms with E-state index in [0.29, 0.717) is 5.75 Å². The van der Waals surface area contributed by atoms with E-state index in [1.165, 1.54) is 6.92 Å². The van der Waals surface area contributed by atoms with Crippen LogP contribution in [0, 0.1) is 0 Å². The highest BCUT2D eigenvalue weighted by Crippen LogP contribution is 2.38. The fraction of sp³-hybridized carbons (Fsp3) is 0.500. The number of hydrogen-bond donors (Lipinski definition) is 1. The molecule has 22 heavy (non-hydrogen) atoms. The fourth-order valence-electron chi connectivity index (χ4n) is 2.46. The number of nitrogens with one attached hydrogen (secondary N) is 1. The summed E-state index contributed by atoms with van der Waals surface area (Å²) in [6.45, 7) is 3.25. The molecule has 5 nitrogen and oxygen atoms in total. The van der Waals surface area contributed by atoms with Crippen molar-refractivity contribution in [2.24, 2.45) is 0 Å². The summed E-state index contributed by atoms with van der Waals surface area (Å²) in [6.07, 6.45) is 0.972. The second-order valence-corrected chi connectivity index (χ2v) is 6.78. The molecule has 120 valence electrons. The lowest BCUT2D eigenvalue weighted by atomic mass is 10.2. The van der Waals surface area contributed by atoms with Gasteiger partial charge in [0.1, 0.15) is 5.37 Å². The van der Waals surface area contributed by atoms with E-state index in [2.05, 4.69) is 10.2 Å². The van der Waals surface area contributed by atoms with Gasteiger partial charge in [-0.25, -0.2) is 0 Å². The van der Waals surface area contributed by atoms with E-state index >= 15 is 0 Å². The molecule has 1 aromatic carbocycles. The van der Waals surface area contributed by atoms with Crippen LogP contribution in [-0.2, 0) is 9.59 Å². The third kappa shape index (κ3) is 4.48. The van der Waals surface area contributed by atoms with Gasteiger partial charge in [0.2, 0.25) is 11.8 Å². The van der Waals surface area contributed by atoms with Crippen molar-refractivity contribution in [2.75, 3.05) is 38.3 Å². The average Bonchev–Trinajstić information content (AvgIpc) is 2.80. The molecule has 1 N–H and O–H groups in total. The van der Waals surface area contributed by atoms with Crippen molar-refractivity contribution >= 4 is 29.3 Å². The lowest BCUT2D eigenvalue weighted by molar-refractivity contribution is -0.128. The number of hydrogen-bond acceptors (Lipinski definition) is 4. The first kappa shape index (κ1) is 16.8. The number of nitrogens with zero attached hydrogens (tertiary/aromatic N) is 2. The van der Waals surface area contributed by atoms with Gasteiger partial charge in [-0.3, -0.25) is 9.59 Å². The molecule has 1 aliphatic rings. The molecule has 2 rings (SSSR count). The Kier molecular flexibility index (Phi) is 5.85. The first-order valence-electron chi connectivity index (χ1n) is 7.40. The van der Waals surface area contributed by atoms with Crippen molar-refractivity contribution in [3.8, 4) is 0 Å². The summed E-state index contributed by atoms with van der Waals surface area (Å²) >= 11 is 1.67. The lowest BCUT2D eigenvalue weighted by Gasteiger charge is -2.25. The Morgan fingerprint density at radius 3 is 2.64 bits per heavy atom. The number of amides is 2. The van der Waals surface area contributed by atoms with Crippen molar-refractivity contribution in [2.45, 2.75) is 18.7 Å². The van der Waals surface area contributed by atoms with Crippen LogP contribution >= 0.6 is 11.8 Å². The van der Waals surface area contributed by atoms with Crippen LogP contribution in [0.5, 0.6) is 0 Å². The van der Waals surface area contributed by atoms with Gasteiger partial charge in [-0.15, -0.1) is 11.8 Å². The minimum Gasteiger partial charge on any atom is -0.326 e. The zero-order chi connectivity index (χ0) is 16.1. The maximum absolute atomic E-state index is 12.1. The lowest BCUT2D eigenvalue weighted by Crippen LogP contribution is -2.31. The van der Waals surface area contributed by atoms with E-state index in [1.54, 1.807) is 11.8 Å². The number of rotatable bonds is 6. The summed E-state index contributed by atoms with van der Waals surface area (Å²) in [7, 11) is 4.08. The molecular weight excluding hydrogens is 298 g/mol. The smallest absolute Gasteiger partial charge is 0.233 e. The minimum absolute atomic E-state index is 0.0801. The third-order valence-electron chi connectivity index (χ3n) is 3.49. The van der Waals surface area contributed by atoms with Gasteiger partial charge in [0.25, 0.3) is 0 Å². The van der Waals surface area contributed by atoms with Crippen molar-refractivity contribution in [3.63, 3.8) is 0 Å². The van der Waals surface area contributed by atoms with Gasteiger partial charge in [0.15, 0.2) is 0 Å². The summed E-state index contributed by atoms with van der Waals surface area (Å²) in [4.78, 5) is 27.2. The normalized spacial score (nSPS) is 18.1. The molecule has 1 saturated heterocycles. The molecule has 2 amide bonds. The van der Waals surface area contributed by atoms with Crippen LogP contribution in [0.15, 0.2) is 24.3 Å². The summed E-state index contributed by atoms with van der Waals surface area (Å²) in [5.74, 6) is 0.670. The highest BCUT2D eigenvalue weighted by Gasteiger charge is 2.32. The zero-order valence-electron chi connectivity index (χ0n) is 13.3. The molecule has 1 unspecified atom stereocenters. The van der Waals surface area contributed by atoms with Gasteiger partial charge >= 0.3 is 0 Å². The quantitative estimate of drug-likeness (QED) is 0.872. The first-order chi connectivity index (χ1) is 10.5. The molecule has 0 bridgehead atoms. The van der Waals surface area contributed by atoms with Gasteiger partial charge in [-0.2, -0.15) is 0 Å². The first-order valence-corrected chi connectivity index (χ1v) is 8.45. The largest absolute Gasteiger partial charge is 0.326 e. The molecule has 1 atom stereocenters. The Morgan fingerprint density at radius 1 is 1.36 bits per heavy atom. The Hall–Kier alpha value is -1.53. The predicted molar refractivity (Wildman–Crippen MR) is 90.8 cm³/mol. The average molecular weight is 321 g/mol. The Balaban J connectivity index is 2.02. The molecule has 0 radical (unpaired) electrons. The van der Waals surface area contributed by atoms with E-state index in [1.807, 2.05) is 43.3 Å². The Morgan fingerprint density at radius 2 is 2.05 bits per heavy atom. The van der Waals surface area contributed by atoms with E-state index in [-0.39, 0.29) is 17.2 Å². The van der Waals surface area contributed by atoms with Crippen LogP contribution in [0.3, 0.4) is 0 Å². The van der Waals surface area contributed by atoms with Crippen molar-refractivity contribution in [3.05, 3.63) is 29.8 Å². The van der Waals surface area contributed by atoms with Crippen molar-refractivity contribution < 1.29 is 9.59 Å². The number of benzene rings is 1. The molecule has 1 fully saturated rings. The van der Waals surface area contributed by atoms with Gasteiger partial charge in [-0.1, -0.05) is 12.1 Å². The molecule has 0 spiro atoms. The number of carbonyl (C=O) groups excluding carboxylic acids is 2. The zero-order valence-corrected chi connectivity index (χ0v) is 14.2. The summed E-state index contributed by atoms with van der Waals surface area (Å²) in [5, 5.41) is 2.84. The monoisotopic (exact) mass is 321 g/mol. The van der Waals surface area contributed by atoms with Crippen LogP contribution in [-0.4, -0.2) is 54.6 Å². The second kappa shape index (κ2) is 7.65. The highest BCUT2D eigenvalue weighted by atomic mass is 32.2. The van der Waals surface area contributed by atoms with E-state index < -0.39 is 0 Å². The van der Waals surface area contributed by atoms with Gasteiger partial charge in [-0.05, 0) is 44.8 Å². The topological polar surface area (TPSA) is 52.7 Å². The van der Waals surface area contributed by atoms with E-state index in [0.717, 1.165) is 30.8 Å². The van der Waals surface area contributed by atoms with Gasteiger partial charge < -0.3 is 15.1 Å². The maximum Gasteiger partial charge on any atom is 0.233 e. The van der Waals surface area contributed by atoms with E-state index in [4.69, 9.17) is 0 Å². The summed E-state index contributed by atoms with van der Waals surface area (Å²) < 4.78 is 0. The standard InChI is InChI=1S/C16H23N3O2S/c1-12(20)17-14-7-5-13(6-8-14)16-19(15(21)11-22-16)10-4-9-18(2)3/h5-8,16H,4,9-11H2,1-3H3,(H,17,20). The molecule has 0 aromatic heterocycles. The van der Waals surface area contributed by atoms with Gasteiger partial charge in [0, 0.05) is 19.2 Å². The Labute approximate surface area is 136 Å². The second-order valence-electron chi connectivity index (χ2n) is 5.71. The maximum atomic E-state index is 12.1. The molecular formula is C16H23N3O2S. The molecule has 6 heteroatoms. The van der Waals surface area contributed by atoms with Crippen LogP contribution in [0.25, 0.3) is 0 Å². The number of carbonyl (C=O) groups is 2. The summed E-state index contributed by atoms with van der Waals surface area (Å²) in [5.41, 5.74) is 1.89. The third-order valence-corrected chi connectivity index (χ3v) is 4.74. The SMILES string of the molecule is CC(=O)Nc1ccc(C2SCC(=O)N2CCCN(C)C)cc1. The molecule has 0 saturated carbocycles. The number of thioether (sulfide) groups is 1. The van der Waals surface area contributed by atoms with Crippen LogP contribution in [0.2, 0.25) is 0 Å². The molecule has 1 heterocycles. The van der Waals surface area contributed by atoms with Crippen LogP contribution in [0.1, 0.15) is 24.3 Å². The molecule has 1 aromatic rings. The number of anilines is 1. The van der Waals surface area contributed by atoms with Gasteiger partial charge in [0.05, 0.1) is 5.75 Å². The van der Waals surface area contributed by atoms with Crippen LogP contribution < -0.4 is 5.32 Å². The molecule has 1 aliphatic heterocycles. The van der Waals surface area contributed by atoms with Crippen LogP contribution in [0.4, 0.5) is 5.69 Å². The summed E-state index contributed by atoms with van der Waals surface area (Å²) in [6, 6.07) is 7.75.